The molecule has 3 aromatic rings. The Labute approximate surface area is 165 Å². The highest BCUT2D eigenvalue weighted by atomic mass is 35.5. The maximum Gasteiger partial charge on any atom is 0.209 e. The third-order valence-electron chi connectivity index (χ3n) is 4.16. The van der Waals surface area contributed by atoms with Gasteiger partial charge in [0.2, 0.25) is 9.84 Å². The van der Waals surface area contributed by atoms with Crippen molar-refractivity contribution < 1.29 is 21.6 Å². The Hall–Kier alpha value is -2.51. The monoisotopic (exact) mass is 425 g/mol. The molecule has 8 heteroatoms. The van der Waals surface area contributed by atoms with Gasteiger partial charge in [-0.3, -0.25) is 0 Å². The minimum absolute atomic E-state index is 0.209. The fourth-order valence-electron chi connectivity index (χ4n) is 2.67. The van der Waals surface area contributed by atoms with Crippen molar-refractivity contribution in [1.82, 2.24) is 0 Å². The summed E-state index contributed by atoms with van der Waals surface area (Å²) in [5, 5.41) is 3.05. The van der Waals surface area contributed by atoms with E-state index in [1.165, 1.54) is 48.5 Å². The van der Waals surface area contributed by atoms with Crippen molar-refractivity contribution in [2.45, 2.75) is 22.8 Å². The third kappa shape index (κ3) is 4.15. The fraction of sp³-hybridized carbons (Fsp3) is 0.100. The predicted molar refractivity (Wildman–Crippen MR) is 102 cm³/mol. The van der Waals surface area contributed by atoms with Gasteiger partial charge < -0.3 is 5.32 Å². The number of hydrogen-bond donors (Lipinski definition) is 1. The van der Waals surface area contributed by atoms with Crippen LogP contribution in [0.1, 0.15) is 18.5 Å². The van der Waals surface area contributed by atoms with Gasteiger partial charge in [-0.25, -0.2) is 21.6 Å². The first-order valence-corrected chi connectivity index (χ1v) is 10.1. The van der Waals surface area contributed by atoms with Gasteiger partial charge in [0.25, 0.3) is 0 Å². The summed E-state index contributed by atoms with van der Waals surface area (Å²) in [6.07, 6.45) is 0. The number of nitrogens with one attached hydrogen (secondary N) is 1. The van der Waals surface area contributed by atoms with Gasteiger partial charge in [0, 0.05) is 17.1 Å². The molecule has 0 bridgehead atoms. The summed E-state index contributed by atoms with van der Waals surface area (Å²) in [4.78, 5) is -0.998. The first-order valence-electron chi connectivity index (χ1n) is 8.20. The lowest BCUT2D eigenvalue weighted by Gasteiger charge is -2.18. The maximum atomic E-state index is 15.0. The van der Waals surface area contributed by atoms with Crippen LogP contribution in [0.25, 0.3) is 0 Å². The predicted octanol–water partition coefficient (Wildman–Crippen LogP) is 5.76. The molecule has 0 aliphatic rings. The molecule has 1 N–H and O–H groups in total. The van der Waals surface area contributed by atoms with Crippen molar-refractivity contribution in [1.29, 1.82) is 0 Å². The fourth-order valence-corrected chi connectivity index (χ4v) is 4.16. The van der Waals surface area contributed by atoms with Gasteiger partial charge in [0.05, 0.1) is 10.6 Å². The zero-order chi connectivity index (χ0) is 20.5. The molecular weight excluding hydrogens is 411 g/mol. The van der Waals surface area contributed by atoms with Gasteiger partial charge >= 0.3 is 0 Å². The number of benzene rings is 3. The van der Waals surface area contributed by atoms with Crippen LogP contribution in [0.4, 0.5) is 18.9 Å². The normalized spacial score (nSPS) is 12.6. The molecule has 0 heterocycles. The molecule has 0 aromatic heterocycles. The molecule has 28 heavy (non-hydrogen) atoms. The minimum atomic E-state index is -4.30. The Morgan fingerprint density at radius 3 is 2.11 bits per heavy atom. The first kappa shape index (κ1) is 20.2. The highest BCUT2D eigenvalue weighted by molar-refractivity contribution is 7.91. The van der Waals surface area contributed by atoms with E-state index in [1.54, 1.807) is 6.92 Å². The van der Waals surface area contributed by atoms with Gasteiger partial charge in [-0.15, -0.1) is 0 Å². The number of halogens is 4. The van der Waals surface area contributed by atoms with Crippen LogP contribution in [-0.4, -0.2) is 8.42 Å². The van der Waals surface area contributed by atoms with Crippen molar-refractivity contribution in [3.63, 3.8) is 0 Å². The largest absolute Gasteiger partial charge is 0.376 e. The summed E-state index contributed by atoms with van der Waals surface area (Å²) in [7, 11) is -4.30. The van der Waals surface area contributed by atoms with E-state index >= 15 is 0 Å². The van der Waals surface area contributed by atoms with Crippen LogP contribution in [0.5, 0.6) is 0 Å². The van der Waals surface area contributed by atoms with Crippen molar-refractivity contribution >= 4 is 27.1 Å². The van der Waals surface area contributed by atoms with E-state index in [1.807, 2.05) is 0 Å². The summed E-state index contributed by atoms with van der Waals surface area (Å²) < 4.78 is 67.6. The van der Waals surface area contributed by atoms with Crippen molar-refractivity contribution in [3.05, 3.63) is 88.7 Å². The van der Waals surface area contributed by atoms with Crippen molar-refractivity contribution in [2.75, 3.05) is 5.32 Å². The topological polar surface area (TPSA) is 46.2 Å². The van der Waals surface area contributed by atoms with Crippen LogP contribution < -0.4 is 5.32 Å². The second-order valence-corrected chi connectivity index (χ2v) is 8.49. The van der Waals surface area contributed by atoms with Crippen LogP contribution in [0.15, 0.2) is 70.5 Å². The average molecular weight is 426 g/mol. The third-order valence-corrected chi connectivity index (χ3v) is 6.18. The van der Waals surface area contributed by atoms with E-state index in [9.17, 15) is 21.6 Å². The summed E-state index contributed by atoms with van der Waals surface area (Å²) in [5.41, 5.74) is 0.302. The molecule has 0 fully saturated rings. The lowest BCUT2D eigenvalue weighted by molar-refractivity contribution is 0.554. The molecule has 0 aliphatic heterocycles. The van der Waals surface area contributed by atoms with Gasteiger partial charge in [0.1, 0.15) is 16.5 Å². The minimum Gasteiger partial charge on any atom is -0.376 e. The Kier molecular flexibility index (Phi) is 5.67. The van der Waals surface area contributed by atoms with E-state index in [0.29, 0.717) is 16.7 Å². The average Bonchev–Trinajstić information content (AvgIpc) is 2.65. The highest BCUT2D eigenvalue weighted by Gasteiger charge is 2.25. The van der Waals surface area contributed by atoms with E-state index in [-0.39, 0.29) is 10.6 Å². The zero-order valence-electron chi connectivity index (χ0n) is 14.6. The molecule has 0 amide bonds. The molecular formula is C20H15ClF3NO2S. The number of sulfone groups is 1. The van der Waals surface area contributed by atoms with E-state index in [0.717, 1.165) is 6.07 Å². The Morgan fingerprint density at radius 1 is 0.893 bits per heavy atom. The van der Waals surface area contributed by atoms with Gasteiger partial charge in [-0.05, 0) is 55.0 Å². The Morgan fingerprint density at radius 2 is 1.50 bits per heavy atom. The molecule has 3 rings (SSSR count). The highest BCUT2D eigenvalue weighted by Crippen LogP contribution is 2.31. The van der Waals surface area contributed by atoms with Crippen molar-refractivity contribution in [2.24, 2.45) is 0 Å². The quantitative estimate of drug-likeness (QED) is 0.565. The SMILES string of the molecule is C[C@@H](Nc1cc(F)cc(S(=O)(=O)c2ccc(Cl)cc2)c1F)c1ccc(F)cc1. The van der Waals surface area contributed by atoms with E-state index < -0.39 is 38.2 Å². The van der Waals surface area contributed by atoms with Gasteiger partial charge in [0.15, 0.2) is 5.82 Å². The smallest absolute Gasteiger partial charge is 0.209 e. The summed E-state index contributed by atoms with van der Waals surface area (Å²) >= 11 is 5.75. The van der Waals surface area contributed by atoms with Crippen molar-refractivity contribution in [3.8, 4) is 0 Å². The van der Waals surface area contributed by atoms with Crippen LogP contribution in [-0.2, 0) is 9.84 Å². The molecule has 0 saturated heterocycles. The summed E-state index contributed by atoms with van der Waals surface area (Å²) in [5.74, 6) is -2.45. The molecule has 146 valence electrons. The standard InChI is InChI=1S/C20H15ClF3NO2S/c1-12(13-2-6-15(22)7-3-13)25-18-10-16(23)11-19(20(18)24)28(26,27)17-8-4-14(21)5-9-17/h2-12,25H,1H3/t12-/m1/s1. The second kappa shape index (κ2) is 7.85. The van der Waals surface area contributed by atoms with E-state index in [4.69, 9.17) is 11.6 Å². The number of rotatable bonds is 5. The Bertz CT molecular complexity index is 1100. The van der Waals surface area contributed by atoms with Gasteiger partial charge in [-0.2, -0.15) is 0 Å². The van der Waals surface area contributed by atoms with E-state index in [2.05, 4.69) is 5.32 Å². The molecule has 1 atom stereocenters. The molecule has 0 aliphatic carbocycles. The molecule has 0 radical (unpaired) electrons. The molecule has 3 aromatic carbocycles. The van der Waals surface area contributed by atoms with Crippen LogP contribution in [0, 0.1) is 17.5 Å². The molecule has 0 unspecified atom stereocenters. The lowest BCUT2D eigenvalue weighted by Crippen LogP contribution is -2.12. The second-order valence-electron chi connectivity index (χ2n) is 6.14. The first-order chi connectivity index (χ1) is 13.2. The summed E-state index contributed by atoms with van der Waals surface area (Å²) in [6, 6.07) is 11.6. The summed E-state index contributed by atoms with van der Waals surface area (Å²) in [6.45, 7) is 1.66. The zero-order valence-corrected chi connectivity index (χ0v) is 16.2. The molecule has 0 spiro atoms. The number of hydrogen-bond acceptors (Lipinski definition) is 3. The van der Waals surface area contributed by atoms with Crippen LogP contribution >= 0.6 is 11.6 Å². The lowest BCUT2D eigenvalue weighted by atomic mass is 10.1. The maximum absolute atomic E-state index is 15.0. The van der Waals surface area contributed by atoms with Gasteiger partial charge in [-0.1, -0.05) is 23.7 Å². The molecule has 0 saturated carbocycles. The number of anilines is 1. The van der Waals surface area contributed by atoms with Crippen LogP contribution in [0.3, 0.4) is 0 Å². The Balaban J connectivity index is 2.00. The van der Waals surface area contributed by atoms with Crippen LogP contribution in [0.2, 0.25) is 5.02 Å². The molecule has 3 nitrogen and oxygen atoms in total.